The highest BCUT2D eigenvalue weighted by atomic mass is 32.2. The molecule has 0 unspecified atom stereocenters. The lowest BCUT2D eigenvalue weighted by Gasteiger charge is -2.15. The van der Waals surface area contributed by atoms with Gasteiger partial charge in [0.05, 0.1) is 42.7 Å². The first-order valence-corrected chi connectivity index (χ1v) is 26.3. The number of H-pyrrole nitrogens is 2. The van der Waals surface area contributed by atoms with Crippen LogP contribution < -0.4 is 55.0 Å². The molecule has 0 saturated heterocycles. The maximum atomic E-state index is 13.7. The van der Waals surface area contributed by atoms with E-state index in [1.54, 1.807) is 46.1 Å². The zero-order valence-corrected chi connectivity index (χ0v) is 47.9. The molecule has 1 amide bonds. The van der Waals surface area contributed by atoms with Crippen LogP contribution in [0.15, 0.2) is 99.9 Å². The minimum absolute atomic E-state index is 0.0127. The molecule has 9 rings (SSSR count). The van der Waals surface area contributed by atoms with Crippen LogP contribution in [0.25, 0.3) is 33.9 Å². The first kappa shape index (κ1) is 62.9. The molecule has 0 atom stereocenters. The summed E-state index contributed by atoms with van der Waals surface area (Å²) in [5, 5.41) is 22.9. The summed E-state index contributed by atoms with van der Waals surface area (Å²) < 4.78 is 142. The summed E-state index contributed by atoms with van der Waals surface area (Å²) in [6.07, 6.45) is -4.46. The molecule has 9 aromatic rings. The van der Waals surface area contributed by atoms with E-state index in [0.29, 0.717) is 34.4 Å². The number of methoxy groups -OCH3 is 6. The summed E-state index contributed by atoms with van der Waals surface area (Å²) >= 11 is 0. The largest absolute Gasteiger partial charge is 0.497 e. The van der Waals surface area contributed by atoms with Crippen LogP contribution in [-0.2, 0) is 22.4 Å². The Hall–Kier alpha value is -11.1. The van der Waals surface area contributed by atoms with Gasteiger partial charge < -0.3 is 49.1 Å². The van der Waals surface area contributed by atoms with E-state index in [1.165, 1.54) is 80.3 Å². The quantitative estimate of drug-likeness (QED) is 0.0465. The van der Waals surface area contributed by atoms with Crippen LogP contribution >= 0.6 is 0 Å². The lowest BCUT2D eigenvalue weighted by atomic mass is 10.1. The summed E-state index contributed by atoms with van der Waals surface area (Å²) in [5.74, 6) is -1.62. The number of carbonyl (C=O) groups is 2. The molecule has 2 aromatic carbocycles. The third kappa shape index (κ3) is 13.8. The van der Waals surface area contributed by atoms with E-state index in [-0.39, 0.29) is 80.2 Å². The average Bonchev–Trinajstić information content (AvgIpc) is 2.23. The van der Waals surface area contributed by atoms with E-state index in [0.717, 1.165) is 41.6 Å². The van der Waals surface area contributed by atoms with Crippen LogP contribution in [0.4, 0.5) is 49.6 Å². The second kappa shape index (κ2) is 25.2. The number of aromatic nitrogens is 12. The van der Waals surface area contributed by atoms with Gasteiger partial charge in [0.2, 0.25) is 23.7 Å². The van der Waals surface area contributed by atoms with Crippen molar-refractivity contribution in [1.29, 1.82) is 0 Å². The lowest BCUT2D eigenvalue weighted by molar-refractivity contribution is -0.142. The number of aromatic amines is 2. The van der Waals surface area contributed by atoms with Gasteiger partial charge in [0.1, 0.15) is 34.1 Å². The van der Waals surface area contributed by atoms with Gasteiger partial charge in [-0.1, -0.05) is 0 Å². The average molecular weight is 1250 g/mol. The molecule has 0 radical (unpaired) electrons. The number of halogens is 6. The molecule has 0 aliphatic rings. The van der Waals surface area contributed by atoms with Crippen molar-refractivity contribution in [2.75, 3.05) is 53.3 Å². The molecule has 88 heavy (non-hydrogen) atoms. The van der Waals surface area contributed by atoms with Crippen molar-refractivity contribution in [1.82, 2.24) is 64.2 Å². The molecule has 28 nitrogen and oxygen atoms in total. The fourth-order valence-corrected chi connectivity index (χ4v) is 9.45. The number of carboxylic acid groups (broad SMARTS) is 1. The van der Waals surface area contributed by atoms with Crippen LogP contribution in [0.1, 0.15) is 49.2 Å². The highest BCUT2D eigenvalue weighted by molar-refractivity contribution is 7.90. The molecule has 7 heterocycles. The summed E-state index contributed by atoms with van der Waals surface area (Å²) in [4.78, 5) is 77.4. The summed E-state index contributed by atoms with van der Waals surface area (Å²) in [6.45, 7) is 3.94. The molecule has 7 aromatic heterocycles. The van der Waals surface area contributed by atoms with Crippen molar-refractivity contribution in [3.63, 3.8) is 0 Å². The Labute approximate surface area is 491 Å². The van der Waals surface area contributed by atoms with Gasteiger partial charge in [0, 0.05) is 112 Å². The van der Waals surface area contributed by atoms with Crippen LogP contribution in [0.5, 0.6) is 34.8 Å². The SMILES string of the molecule is COc1cc(Nc2ncc(-c3cnc(OC)c(C(=O)NS(=O)(=O)c4c(C)[nH]c(=O)[nH]c4=O)c3)c(-n3nc(C(F)(F)F)cc3C)n2)cc(OC)c1.COc1cc(Nc2ncc(-c3cnc(OC)c(C(=O)O)c3)c(-n3nc(C(F)(F)F)cc3C)n2)cc(OC)c1. The molecule has 35 heteroatoms. The highest BCUT2D eigenvalue weighted by Gasteiger charge is 2.37. The molecule has 460 valence electrons. The number of rotatable bonds is 18. The number of anilines is 4. The van der Waals surface area contributed by atoms with Gasteiger partial charge in [0.15, 0.2) is 27.9 Å². The Morgan fingerprint density at radius 3 is 1.33 bits per heavy atom. The van der Waals surface area contributed by atoms with Crippen molar-refractivity contribution in [2.45, 2.75) is 38.0 Å². The van der Waals surface area contributed by atoms with Crippen molar-refractivity contribution < 1.29 is 77.9 Å². The zero-order chi connectivity index (χ0) is 64.2. The number of nitrogens with zero attached hydrogens (tertiary/aromatic N) is 10. The number of aryl methyl sites for hydroxylation is 3. The van der Waals surface area contributed by atoms with Gasteiger partial charge in [0.25, 0.3) is 21.5 Å². The molecule has 0 fully saturated rings. The van der Waals surface area contributed by atoms with Crippen LogP contribution in [0.2, 0.25) is 0 Å². The minimum atomic E-state index is -4.87. The molecule has 0 saturated carbocycles. The summed E-state index contributed by atoms with van der Waals surface area (Å²) in [6, 6.07) is 13.8. The smallest absolute Gasteiger partial charge is 0.435 e. The second-order valence-electron chi connectivity index (χ2n) is 18.1. The third-order valence-electron chi connectivity index (χ3n) is 12.3. The first-order valence-electron chi connectivity index (χ1n) is 24.8. The number of ether oxygens (including phenoxy) is 6. The van der Waals surface area contributed by atoms with Gasteiger partial charge in [-0.2, -0.15) is 46.5 Å². The predicted octanol–water partition coefficient (Wildman–Crippen LogP) is 7.14. The predicted molar refractivity (Wildman–Crippen MR) is 297 cm³/mol. The Morgan fingerprint density at radius 2 is 0.966 bits per heavy atom. The minimum Gasteiger partial charge on any atom is -0.497 e. The van der Waals surface area contributed by atoms with Crippen molar-refractivity contribution >= 4 is 45.2 Å². The van der Waals surface area contributed by atoms with Crippen LogP contribution in [0, 0.1) is 20.8 Å². The number of carboxylic acids is 1. The lowest BCUT2D eigenvalue weighted by Crippen LogP contribution is -2.37. The number of amides is 1. The Kier molecular flexibility index (Phi) is 18.0. The van der Waals surface area contributed by atoms with Crippen molar-refractivity contribution in [3.8, 4) is 68.6 Å². The highest BCUT2D eigenvalue weighted by Crippen LogP contribution is 2.37. The summed E-state index contributed by atoms with van der Waals surface area (Å²) in [5.41, 5.74) is -4.16. The van der Waals surface area contributed by atoms with E-state index in [2.05, 4.69) is 55.7 Å². The number of carbonyl (C=O) groups excluding carboxylic acids is 1. The number of pyridine rings is 2. The second-order valence-corrected chi connectivity index (χ2v) is 19.8. The molecule has 0 spiro atoms. The van der Waals surface area contributed by atoms with E-state index >= 15 is 0 Å². The fourth-order valence-electron chi connectivity index (χ4n) is 8.25. The maximum absolute atomic E-state index is 13.7. The van der Waals surface area contributed by atoms with Crippen molar-refractivity contribution in [2.24, 2.45) is 0 Å². The molecule has 0 aliphatic carbocycles. The van der Waals surface area contributed by atoms with Gasteiger partial charge >= 0.3 is 24.0 Å². The molecule has 0 bridgehead atoms. The van der Waals surface area contributed by atoms with Gasteiger partial charge in [-0.25, -0.2) is 52.0 Å². The molecular formula is C53H47F6N15O13S. The number of nitrogens with one attached hydrogen (secondary N) is 5. The topological polar surface area (TPSA) is 359 Å². The van der Waals surface area contributed by atoms with Crippen LogP contribution in [-0.4, -0.2) is 127 Å². The fraction of sp³-hybridized carbons (Fsp3) is 0.208. The van der Waals surface area contributed by atoms with Crippen molar-refractivity contribution in [3.05, 3.63) is 146 Å². The van der Waals surface area contributed by atoms with Crippen LogP contribution in [0.3, 0.4) is 0 Å². The van der Waals surface area contributed by atoms with Gasteiger partial charge in [-0.3, -0.25) is 14.6 Å². The molecule has 6 N–H and O–H groups in total. The van der Waals surface area contributed by atoms with E-state index in [9.17, 15) is 59.0 Å². The third-order valence-corrected chi connectivity index (χ3v) is 13.7. The number of hydrogen-bond donors (Lipinski definition) is 6. The van der Waals surface area contributed by atoms with E-state index in [1.807, 2.05) is 0 Å². The van der Waals surface area contributed by atoms with Gasteiger partial charge in [-0.05, 0) is 45.0 Å². The first-order chi connectivity index (χ1) is 41.6. The standard InChI is InChI=1S/C29H26F3N9O8S.C24H21F3N6O5/c1-13-6-21(29(30,31)32)39-41(13)23-20(12-34-27(37-23)36-16-8-17(47-3)10-18(9-16)48-4)15-7-19(26(49-5)33-11-15)24(42)40-50(45,46)22-14(2)35-28(44)38-25(22)43;1-12-5-19(24(25,26)27)32-33(12)20-18(13-6-17(22(34)35)21(38-4)28-10-13)11-29-23(31-20)30-14-7-15(36-2)9-16(8-14)37-3/h6-12H,1-5H3,(H,40,42)(H,34,36,37)(H2,35,38,43,44);5-11H,1-4H3,(H,34,35)(H,29,30,31). The van der Waals surface area contributed by atoms with Gasteiger partial charge in [-0.15, -0.1) is 0 Å². The van der Waals surface area contributed by atoms with E-state index in [4.69, 9.17) is 28.4 Å². The van der Waals surface area contributed by atoms with E-state index < -0.39 is 67.3 Å². The molecular weight excluding hydrogens is 1200 g/mol. The molecule has 0 aliphatic heterocycles. The number of alkyl halides is 6. The Bertz CT molecular complexity index is 4360. The Morgan fingerprint density at radius 1 is 0.557 bits per heavy atom. The number of hydrogen-bond acceptors (Lipinski definition) is 22. The monoisotopic (exact) mass is 1250 g/mol. The maximum Gasteiger partial charge on any atom is 0.435 e. The number of aromatic carboxylic acids is 1. The zero-order valence-electron chi connectivity index (χ0n) is 47.1. The number of sulfonamides is 1. The number of benzene rings is 2. The Balaban J connectivity index is 0.000000237. The normalized spacial score (nSPS) is 11.4. The summed E-state index contributed by atoms with van der Waals surface area (Å²) in [7, 11) is 3.39.